The largest absolute Gasteiger partial charge is 0.496 e. The van der Waals surface area contributed by atoms with E-state index >= 15 is 0 Å². The van der Waals surface area contributed by atoms with Crippen LogP contribution in [0.3, 0.4) is 0 Å². The van der Waals surface area contributed by atoms with Crippen LogP contribution in [-0.2, 0) is 26.3 Å². The van der Waals surface area contributed by atoms with Crippen molar-refractivity contribution in [3.05, 3.63) is 88.1 Å². The van der Waals surface area contributed by atoms with Crippen LogP contribution >= 0.6 is 11.3 Å². The number of nitrogens with zero attached hydrogens (tertiary/aromatic N) is 2. The van der Waals surface area contributed by atoms with Gasteiger partial charge in [0.05, 0.1) is 25.1 Å². The van der Waals surface area contributed by atoms with Crippen molar-refractivity contribution in [1.29, 1.82) is 0 Å². The maximum atomic E-state index is 13.9. The molecule has 2 unspecified atom stereocenters. The molecule has 2 saturated heterocycles. The normalized spacial score (nSPS) is 22.1. The van der Waals surface area contributed by atoms with Crippen LogP contribution in [-0.4, -0.2) is 41.2 Å². The first-order chi connectivity index (χ1) is 17.0. The fourth-order valence-electron chi connectivity index (χ4n) is 5.43. The monoisotopic (exact) mass is 488 g/mol. The van der Waals surface area contributed by atoms with E-state index in [1.807, 2.05) is 77.0 Å². The van der Waals surface area contributed by atoms with Crippen molar-refractivity contribution in [2.75, 3.05) is 13.7 Å². The van der Waals surface area contributed by atoms with Crippen molar-refractivity contribution >= 4 is 29.1 Å². The molecule has 2 aromatic carbocycles. The van der Waals surface area contributed by atoms with Crippen LogP contribution in [0.2, 0.25) is 0 Å². The molecule has 0 bridgehead atoms. The zero-order chi connectivity index (χ0) is 24.4. The molecule has 2 atom stereocenters. The number of likely N-dealkylation sites (tertiary alicyclic amines) is 2. The van der Waals surface area contributed by atoms with Crippen molar-refractivity contribution in [3.63, 3.8) is 0 Å². The van der Waals surface area contributed by atoms with Gasteiger partial charge in [-0.2, -0.15) is 0 Å². The van der Waals surface area contributed by atoms with Gasteiger partial charge < -0.3 is 9.64 Å². The van der Waals surface area contributed by atoms with E-state index in [9.17, 15) is 14.4 Å². The van der Waals surface area contributed by atoms with Crippen LogP contribution in [0.25, 0.3) is 0 Å². The van der Waals surface area contributed by atoms with Gasteiger partial charge in [0, 0.05) is 29.8 Å². The standard InChI is InChI=1S/C28H28N2O4S/c1-34-24-14-6-5-12-22(24)23-13-7-15-29(23)25(31)17-28(20-9-3-2-4-10-20)18-26(32)30(27(28)33)19-21-11-8-16-35-21/h2-6,8-12,14,16,23H,7,13,15,17-19H2,1H3. The Labute approximate surface area is 209 Å². The molecule has 35 heavy (non-hydrogen) atoms. The molecule has 2 aliphatic heterocycles. The lowest BCUT2D eigenvalue weighted by molar-refractivity contribution is -0.143. The molecular formula is C28H28N2O4S. The van der Waals surface area contributed by atoms with Gasteiger partial charge in [0.15, 0.2) is 0 Å². The first kappa shape index (κ1) is 23.3. The lowest BCUT2D eigenvalue weighted by Crippen LogP contribution is -2.43. The zero-order valence-corrected chi connectivity index (χ0v) is 20.5. The lowest BCUT2D eigenvalue weighted by Gasteiger charge is -2.32. The molecule has 2 aliphatic rings. The summed E-state index contributed by atoms with van der Waals surface area (Å²) in [6.45, 7) is 0.860. The summed E-state index contributed by atoms with van der Waals surface area (Å²) >= 11 is 1.51. The number of rotatable bonds is 7. The summed E-state index contributed by atoms with van der Waals surface area (Å²) in [6, 6.07) is 20.8. The number of hydrogen-bond acceptors (Lipinski definition) is 5. The van der Waals surface area contributed by atoms with E-state index in [0.29, 0.717) is 12.1 Å². The topological polar surface area (TPSA) is 66.9 Å². The van der Waals surface area contributed by atoms with Gasteiger partial charge in [0.1, 0.15) is 5.75 Å². The van der Waals surface area contributed by atoms with E-state index in [1.54, 1.807) is 7.11 Å². The minimum atomic E-state index is -1.19. The molecule has 0 radical (unpaired) electrons. The molecule has 1 aromatic heterocycles. The zero-order valence-electron chi connectivity index (χ0n) is 19.7. The highest BCUT2D eigenvalue weighted by atomic mass is 32.1. The van der Waals surface area contributed by atoms with E-state index in [1.165, 1.54) is 16.2 Å². The predicted molar refractivity (Wildman–Crippen MR) is 134 cm³/mol. The van der Waals surface area contributed by atoms with Gasteiger partial charge >= 0.3 is 0 Å². The minimum absolute atomic E-state index is 0.000126. The second kappa shape index (κ2) is 9.66. The van der Waals surface area contributed by atoms with Gasteiger partial charge in [-0.05, 0) is 35.9 Å². The first-order valence-electron chi connectivity index (χ1n) is 11.9. The Kier molecular flexibility index (Phi) is 6.43. The Balaban J connectivity index is 1.46. The fraction of sp³-hybridized carbons (Fsp3) is 0.321. The van der Waals surface area contributed by atoms with Crippen LogP contribution in [0.5, 0.6) is 5.75 Å². The maximum Gasteiger partial charge on any atom is 0.241 e. The van der Waals surface area contributed by atoms with Crippen molar-refractivity contribution in [1.82, 2.24) is 9.80 Å². The molecule has 5 rings (SSSR count). The Morgan fingerprint density at radius 2 is 1.83 bits per heavy atom. The summed E-state index contributed by atoms with van der Waals surface area (Å²) in [5, 5.41) is 1.93. The summed E-state index contributed by atoms with van der Waals surface area (Å²) in [5.41, 5.74) is 0.497. The minimum Gasteiger partial charge on any atom is -0.496 e. The van der Waals surface area contributed by atoms with Crippen LogP contribution < -0.4 is 4.74 Å². The molecule has 0 spiro atoms. The highest BCUT2D eigenvalue weighted by molar-refractivity contribution is 7.09. The third-order valence-corrected chi connectivity index (χ3v) is 8.01. The number of carbonyl (C=O) groups is 3. The number of para-hydroxylation sites is 1. The number of amides is 3. The Morgan fingerprint density at radius 3 is 2.57 bits per heavy atom. The van der Waals surface area contributed by atoms with Gasteiger partial charge in [-0.1, -0.05) is 54.6 Å². The van der Waals surface area contributed by atoms with Crippen molar-refractivity contribution in [2.45, 2.75) is 43.7 Å². The molecule has 3 heterocycles. The maximum absolute atomic E-state index is 13.9. The van der Waals surface area contributed by atoms with E-state index < -0.39 is 5.41 Å². The van der Waals surface area contributed by atoms with Gasteiger partial charge in [0.2, 0.25) is 17.7 Å². The fourth-order valence-corrected chi connectivity index (χ4v) is 6.12. The van der Waals surface area contributed by atoms with Crippen LogP contribution in [0.15, 0.2) is 72.1 Å². The number of carbonyl (C=O) groups excluding carboxylic acids is 3. The number of ether oxygens (including phenoxy) is 1. The molecule has 0 saturated carbocycles. The summed E-state index contributed by atoms with van der Waals surface area (Å²) in [5.74, 6) is 0.122. The smallest absolute Gasteiger partial charge is 0.241 e. The first-order valence-corrected chi connectivity index (χ1v) is 12.8. The number of imide groups is 1. The quantitative estimate of drug-likeness (QED) is 0.452. The van der Waals surface area contributed by atoms with Crippen LogP contribution in [0.1, 0.15) is 47.7 Å². The number of thiophene rings is 1. The Morgan fingerprint density at radius 1 is 1.06 bits per heavy atom. The predicted octanol–water partition coefficient (Wildman–Crippen LogP) is 4.71. The molecule has 3 aromatic rings. The number of hydrogen-bond donors (Lipinski definition) is 0. The highest BCUT2D eigenvalue weighted by Crippen LogP contribution is 2.43. The molecule has 7 heteroatoms. The molecule has 180 valence electrons. The van der Waals surface area contributed by atoms with E-state index in [0.717, 1.165) is 29.0 Å². The average Bonchev–Trinajstić information content (AvgIpc) is 3.63. The summed E-state index contributed by atoms with van der Waals surface area (Å²) in [6.07, 6.45) is 1.68. The SMILES string of the molecule is COc1ccccc1C1CCCN1C(=O)CC1(c2ccccc2)CC(=O)N(Cc2cccs2)C1=O. The van der Waals surface area contributed by atoms with Gasteiger partial charge in [-0.3, -0.25) is 19.3 Å². The van der Waals surface area contributed by atoms with Crippen molar-refractivity contribution in [3.8, 4) is 5.75 Å². The molecule has 0 N–H and O–H groups in total. The van der Waals surface area contributed by atoms with Crippen molar-refractivity contribution < 1.29 is 19.1 Å². The van der Waals surface area contributed by atoms with Gasteiger partial charge in [-0.15, -0.1) is 11.3 Å². The Bertz CT molecular complexity index is 1230. The summed E-state index contributed by atoms with van der Waals surface area (Å²) in [7, 11) is 1.63. The Hall–Kier alpha value is -3.45. The second-order valence-electron chi connectivity index (χ2n) is 9.15. The molecule has 6 nitrogen and oxygen atoms in total. The van der Waals surface area contributed by atoms with Crippen LogP contribution in [0.4, 0.5) is 0 Å². The molecular weight excluding hydrogens is 460 g/mol. The second-order valence-corrected chi connectivity index (χ2v) is 10.2. The van der Waals surface area contributed by atoms with Crippen molar-refractivity contribution in [2.24, 2.45) is 0 Å². The highest BCUT2D eigenvalue weighted by Gasteiger charge is 2.54. The molecule has 3 amide bonds. The lowest BCUT2D eigenvalue weighted by atomic mass is 9.75. The van der Waals surface area contributed by atoms with Crippen LogP contribution in [0, 0.1) is 0 Å². The molecule has 0 aliphatic carbocycles. The third kappa shape index (κ3) is 4.25. The third-order valence-electron chi connectivity index (χ3n) is 7.15. The number of benzene rings is 2. The summed E-state index contributed by atoms with van der Waals surface area (Å²) < 4.78 is 5.56. The van der Waals surface area contributed by atoms with Gasteiger partial charge in [0.25, 0.3) is 0 Å². The van der Waals surface area contributed by atoms with Gasteiger partial charge in [-0.25, -0.2) is 0 Å². The molecule has 2 fully saturated rings. The summed E-state index contributed by atoms with van der Waals surface area (Å²) in [4.78, 5) is 45.0. The van der Waals surface area contributed by atoms with E-state index in [-0.39, 0.29) is 43.1 Å². The average molecular weight is 489 g/mol. The number of methoxy groups -OCH3 is 1. The van der Waals surface area contributed by atoms with E-state index in [2.05, 4.69) is 0 Å². The van der Waals surface area contributed by atoms with E-state index in [4.69, 9.17) is 4.74 Å².